The third kappa shape index (κ3) is 3.69. The molecular formula is C18H24N2O4. The smallest absolute Gasteiger partial charge is 0.358 e. The molecule has 0 atom stereocenters. The molecule has 0 aliphatic carbocycles. The van der Waals surface area contributed by atoms with Crippen LogP contribution < -0.4 is 9.47 Å². The van der Waals surface area contributed by atoms with E-state index in [1.165, 1.54) is 0 Å². The third-order valence-electron chi connectivity index (χ3n) is 3.49. The van der Waals surface area contributed by atoms with E-state index in [0.717, 1.165) is 11.3 Å². The molecule has 0 radical (unpaired) electrons. The fourth-order valence-electron chi connectivity index (χ4n) is 2.51. The quantitative estimate of drug-likeness (QED) is 0.727. The van der Waals surface area contributed by atoms with Gasteiger partial charge in [-0.25, -0.2) is 4.79 Å². The maximum Gasteiger partial charge on any atom is 0.358 e. The molecule has 0 spiro atoms. The van der Waals surface area contributed by atoms with Crippen LogP contribution in [0.4, 0.5) is 0 Å². The summed E-state index contributed by atoms with van der Waals surface area (Å²) in [5.74, 6) is 1.25. The summed E-state index contributed by atoms with van der Waals surface area (Å²) in [4.78, 5) is 12.1. The van der Waals surface area contributed by atoms with Crippen LogP contribution in [0.15, 0.2) is 24.3 Å². The summed E-state index contributed by atoms with van der Waals surface area (Å²) in [6, 6.07) is 7.29. The summed E-state index contributed by atoms with van der Waals surface area (Å²) < 4.78 is 17.8. The fourth-order valence-corrected chi connectivity index (χ4v) is 2.51. The highest BCUT2D eigenvalue weighted by molar-refractivity contribution is 5.89. The zero-order valence-corrected chi connectivity index (χ0v) is 14.8. The lowest BCUT2D eigenvalue weighted by molar-refractivity contribution is 0.0518. The van der Waals surface area contributed by atoms with Gasteiger partial charge in [-0.3, -0.25) is 4.68 Å². The summed E-state index contributed by atoms with van der Waals surface area (Å²) in [6.07, 6.45) is 0. The van der Waals surface area contributed by atoms with Crippen molar-refractivity contribution in [3.63, 3.8) is 0 Å². The van der Waals surface area contributed by atoms with Crippen LogP contribution in [0.5, 0.6) is 11.5 Å². The molecule has 0 amide bonds. The lowest BCUT2D eigenvalue weighted by Crippen LogP contribution is -2.10. The van der Waals surface area contributed by atoms with Crippen molar-refractivity contribution in [3.8, 4) is 22.8 Å². The van der Waals surface area contributed by atoms with Gasteiger partial charge in [0.15, 0.2) is 5.69 Å². The van der Waals surface area contributed by atoms with Gasteiger partial charge in [0.05, 0.1) is 32.1 Å². The van der Waals surface area contributed by atoms with Crippen molar-refractivity contribution < 1.29 is 19.0 Å². The first-order chi connectivity index (χ1) is 11.5. The van der Waals surface area contributed by atoms with E-state index in [1.54, 1.807) is 31.9 Å². The second-order valence-electron chi connectivity index (χ2n) is 5.75. The van der Waals surface area contributed by atoms with Gasteiger partial charge in [0.25, 0.3) is 0 Å². The molecule has 0 unspecified atom stereocenters. The number of ether oxygens (including phenoxy) is 3. The van der Waals surface area contributed by atoms with Crippen molar-refractivity contribution >= 4 is 5.97 Å². The number of rotatable bonds is 7. The number of carbonyl (C=O) groups excluding carboxylic acids is 1. The first-order valence-electron chi connectivity index (χ1n) is 7.98. The highest BCUT2D eigenvalue weighted by atomic mass is 16.5. The van der Waals surface area contributed by atoms with E-state index in [0.29, 0.717) is 30.6 Å². The van der Waals surface area contributed by atoms with Crippen molar-refractivity contribution in [2.45, 2.75) is 27.3 Å². The van der Waals surface area contributed by atoms with Gasteiger partial charge in [-0.2, -0.15) is 5.10 Å². The summed E-state index contributed by atoms with van der Waals surface area (Å²) in [5.41, 5.74) is 1.81. The highest BCUT2D eigenvalue weighted by Gasteiger charge is 2.22. The molecule has 0 aliphatic heterocycles. The summed E-state index contributed by atoms with van der Waals surface area (Å²) in [5, 5.41) is 4.43. The molecule has 130 valence electrons. The minimum absolute atomic E-state index is 0.278. The molecule has 6 heteroatoms. The van der Waals surface area contributed by atoms with Crippen molar-refractivity contribution in [1.82, 2.24) is 9.78 Å². The van der Waals surface area contributed by atoms with E-state index in [2.05, 4.69) is 18.9 Å². The van der Waals surface area contributed by atoms with Crippen LogP contribution in [0.2, 0.25) is 0 Å². The average Bonchev–Trinajstić information content (AvgIpc) is 2.97. The van der Waals surface area contributed by atoms with Crippen LogP contribution in [-0.4, -0.2) is 36.6 Å². The second kappa shape index (κ2) is 7.86. The topological polar surface area (TPSA) is 62.6 Å². The van der Waals surface area contributed by atoms with Crippen LogP contribution >= 0.6 is 0 Å². The largest absolute Gasteiger partial charge is 0.496 e. The molecule has 0 bridgehead atoms. The summed E-state index contributed by atoms with van der Waals surface area (Å²) in [7, 11) is 3.21. The zero-order valence-electron chi connectivity index (χ0n) is 14.8. The molecule has 0 aliphatic rings. The highest BCUT2D eigenvalue weighted by Crippen LogP contribution is 2.38. The predicted molar refractivity (Wildman–Crippen MR) is 91.6 cm³/mol. The van der Waals surface area contributed by atoms with E-state index < -0.39 is 5.97 Å². The maximum atomic E-state index is 12.1. The minimum Gasteiger partial charge on any atom is -0.496 e. The van der Waals surface area contributed by atoms with Gasteiger partial charge in [0.2, 0.25) is 0 Å². The number of esters is 1. The molecular weight excluding hydrogens is 308 g/mol. The van der Waals surface area contributed by atoms with Crippen LogP contribution in [0, 0.1) is 5.92 Å². The molecule has 0 saturated heterocycles. The van der Waals surface area contributed by atoms with E-state index in [-0.39, 0.29) is 5.69 Å². The van der Waals surface area contributed by atoms with Gasteiger partial charge < -0.3 is 14.2 Å². The third-order valence-corrected chi connectivity index (χ3v) is 3.49. The molecule has 0 fully saturated rings. The Morgan fingerprint density at radius 2 is 1.83 bits per heavy atom. The Morgan fingerprint density at radius 3 is 2.33 bits per heavy atom. The maximum absolute atomic E-state index is 12.1. The van der Waals surface area contributed by atoms with Crippen molar-refractivity contribution in [2.24, 2.45) is 5.92 Å². The van der Waals surface area contributed by atoms with Crippen molar-refractivity contribution in [1.29, 1.82) is 0 Å². The SMILES string of the molecule is CCOC(=O)c1cc(-c2c(OC)cccc2OC)n(CC(C)C)n1. The van der Waals surface area contributed by atoms with E-state index >= 15 is 0 Å². The van der Waals surface area contributed by atoms with Crippen molar-refractivity contribution in [2.75, 3.05) is 20.8 Å². The normalized spacial score (nSPS) is 10.8. The molecule has 0 saturated carbocycles. The van der Waals surface area contributed by atoms with Gasteiger partial charge in [-0.1, -0.05) is 19.9 Å². The standard InChI is InChI=1S/C18H24N2O4/c1-6-24-18(21)13-10-14(20(19-13)11-12(2)3)17-15(22-4)8-7-9-16(17)23-5/h7-10,12H,6,11H2,1-5H3. The van der Waals surface area contributed by atoms with Gasteiger partial charge in [-0.05, 0) is 31.0 Å². The summed E-state index contributed by atoms with van der Waals surface area (Å²) in [6.45, 7) is 6.93. The van der Waals surface area contributed by atoms with Crippen LogP contribution in [0.3, 0.4) is 0 Å². The number of nitrogens with zero attached hydrogens (tertiary/aromatic N) is 2. The number of hydrogen-bond acceptors (Lipinski definition) is 5. The summed E-state index contributed by atoms with van der Waals surface area (Å²) >= 11 is 0. The second-order valence-corrected chi connectivity index (χ2v) is 5.75. The van der Waals surface area contributed by atoms with Gasteiger partial charge in [0.1, 0.15) is 11.5 Å². The Labute approximate surface area is 142 Å². The molecule has 24 heavy (non-hydrogen) atoms. The minimum atomic E-state index is -0.435. The molecule has 6 nitrogen and oxygen atoms in total. The first-order valence-corrected chi connectivity index (χ1v) is 7.98. The van der Waals surface area contributed by atoms with Crippen LogP contribution in [0.25, 0.3) is 11.3 Å². The Hall–Kier alpha value is -2.50. The number of methoxy groups -OCH3 is 2. The van der Waals surface area contributed by atoms with Gasteiger partial charge in [0, 0.05) is 6.54 Å². The van der Waals surface area contributed by atoms with Crippen LogP contribution in [0.1, 0.15) is 31.3 Å². The number of benzene rings is 1. The predicted octanol–water partition coefficient (Wildman–Crippen LogP) is 3.40. The Morgan fingerprint density at radius 1 is 1.21 bits per heavy atom. The number of carbonyl (C=O) groups is 1. The number of aromatic nitrogens is 2. The zero-order chi connectivity index (χ0) is 17.7. The molecule has 2 rings (SSSR count). The molecule has 2 aromatic rings. The van der Waals surface area contributed by atoms with Gasteiger partial charge in [-0.15, -0.1) is 0 Å². The lowest BCUT2D eigenvalue weighted by atomic mass is 10.1. The monoisotopic (exact) mass is 332 g/mol. The molecule has 1 aromatic carbocycles. The van der Waals surface area contributed by atoms with Crippen molar-refractivity contribution in [3.05, 3.63) is 30.0 Å². The number of hydrogen-bond donors (Lipinski definition) is 0. The molecule has 1 aromatic heterocycles. The molecule has 1 heterocycles. The molecule has 0 N–H and O–H groups in total. The van der Waals surface area contributed by atoms with Crippen LogP contribution in [-0.2, 0) is 11.3 Å². The van der Waals surface area contributed by atoms with Gasteiger partial charge >= 0.3 is 5.97 Å². The van der Waals surface area contributed by atoms with E-state index in [4.69, 9.17) is 14.2 Å². The fraction of sp³-hybridized carbons (Fsp3) is 0.444. The lowest BCUT2D eigenvalue weighted by Gasteiger charge is -2.15. The Balaban J connectivity index is 2.62. The first kappa shape index (κ1) is 17.8. The van der Waals surface area contributed by atoms with E-state index in [9.17, 15) is 4.79 Å². The van der Waals surface area contributed by atoms with E-state index in [1.807, 2.05) is 18.2 Å². The average molecular weight is 332 g/mol. The Bertz CT molecular complexity index is 685. The Kier molecular flexibility index (Phi) is 5.84.